The quantitative estimate of drug-likeness (QED) is 0.205. The van der Waals surface area contributed by atoms with E-state index in [0.717, 1.165) is 31.5 Å². The Morgan fingerprint density at radius 3 is 2.44 bits per heavy atom. The first-order chi connectivity index (χ1) is 21.7. The number of para-hydroxylation sites is 1. The van der Waals surface area contributed by atoms with E-state index >= 15 is 0 Å². The lowest BCUT2D eigenvalue weighted by Gasteiger charge is -2.35. The third kappa shape index (κ3) is 6.45. The number of halogens is 3. The Bertz CT molecular complexity index is 1740. The minimum absolute atomic E-state index is 0.144. The van der Waals surface area contributed by atoms with Gasteiger partial charge in [-0.1, -0.05) is 17.7 Å². The molecule has 1 saturated heterocycles. The monoisotopic (exact) mass is 630 g/mol. The minimum atomic E-state index is -0.666. The zero-order valence-corrected chi connectivity index (χ0v) is 25.7. The number of rotatable bonds is 5. The van der Waals surface area contributed by atoms with Gasteiger partial charge in [0.1, 0.15) is 17.3 Å². The van der Waals surface area contributed by atoms with E-state index in [1.165, 1.54) is 18.2 Å². The summed E-state index contributed by atoms with van der Waals surface area (Å²) in [6.07, 6.45) is 4.08. The van der Waals surface area contributed by atoms with E-state index in [1.54, 1.807) is 53.6 Å². The van der Waals surface area contributed by atoms with Gasteiger partial charge in [-0.2, -0.15) is 4.99 Å². The molecule has 1 aromatic heterocycles. The molecule has 3 heterocycles. The first-order valence-electron chi connectivity index (χ1n) is 14.7. The number of carbonyl (C=O) groups is 1. The van der Waals surface area contributed by atoms with Crippen LogP contribution in [0.5, 0.6) is 0 Å². The number of nitrogens with zero attached hydrogens (tertiary/aromatic N) is 6. The number of nitrogens with two attached hydrogens (primary N) is 1. The molecule has 2 aliphatic heterocycles. The molecule has 0 bridgehead atoms. The van der Waals surface area contributed by atoms with Crippen molar-refractivity contribution >= 4 is 46.5 Å². The summed E-state index contributed by atoms with van der Waals surface area (Å²) in [5.41, 5.74) is 9.76. The first kappa shape index (κ1) is 30.4. The van der Waals surface area contributed by atoms with E-state index in [0.29, 0.717) is 58.2 Å². The minimum Gasteiger partial charge on any atom is -0.369 e. The second kappa shape index (κ2) is 12.8. The van der Waals surface area contributed by atoms with Crippen molar-refractivity contribution in [3.63, 3.8) is 0 Å². The number of likely N-dealkylation sites (tertiary alicyclic amines) is 1. The number of anilines is 4. The van der Waals surface area contributed by atoms with Gasteiger partial charge in [0.2, 0.25) is 5.95 Å². The lowest BCUT2D eigenvalue weighted by Crippen LogP contribution is -2.47. The van der Waals surface area contributed by atoms with Gasteiger partial charge in [-0.3, -0.25) is 4.79 Å². The SMILES string of the molecule is CN(C)C1CCN(C(N)=NC(=O)c2ccc(Nc3ncc4c(n3)-c3ccc(Cl)cc3N(c3c(F)cccc3F)CC4)cc2)CC1. The molecule has 12 heteroatoms. The number of nitrogens with one attached hydrogen (secondary N) is 1. The summed E-state index contributed by atoms with van der Waals surface area (Å²) < 4.78 is 29.7. The highest BCUT2D eigenvalue weighted by molar-refractivity contribution is 6.31. The number of hydrogen-bond acceptors (Lipinski definition) is 6. The Morgan fingerprint density at radius 1 is 1.04 bits per heavy atom. The predicted molar refractivity (Wildman–Crippen MR) is 174 cm³/mol. The smallest absolute Gasteiger partial charge is 0.280 e. The largest absolute Gasteiger partial charge is 0.369 e. The molecule has 3 N–H and O–H groups in total. The number of aliphatic imine (C=N–C) groups is 1. The first-order valence-corrected chi connectivity index (χ1v) is 15.1. The van der Waals surface area contributed by atoms with Crippen molar-refractivity contribution in [2.24, 2.45) is 10.7 Å². The Balaban J connectivity index is 1.20. The summed E-state index contributed by atoms with van der Waals surface area (Å²) in [4.78, 5) is 32.0. The van der Waals surface area contributed by atoms with Crippen molar-refractivity contribution in [2.45, 2.75) is 25.3 Å². The topological polar surface area (TPSA) is 103 Å². The molecule has 0 saturated carbocycles. The Morgan fingerprint density at radius 2 is 1.76 bits per heavy atom. The number of carbonyl (C=O) groups excluding carboxylic acids is 1. The van der Waals surface area contributed by atoms with Gasteiger partial charge < -0.3 is 25.8 Å². The van der Waals surface area contributed by atoms with Gasteiger partial charge >= 0.3 is 0 Å². The summed E-state index contributed by atoms with van der Waals surface area (Å²) >= 11 is 6.34. The van der Waals surface area contributed by atoms with E-state index in [2.05, 4.69) is 34.3 Å². The fourth-order valence-electron chi connectivity index (χ4n) is 5.82. The number of benzene rings is 3. The van der Waals surface area contributed by atoms with Gasteiger partial charge in [-0.05, 0) is 93.5 Å². The Labute approximate surface area is 265 Å². The lowest BCUT2D eigenvalue weighted by molar-refractivity contribution is 0.1000. The number of piperidine rings is 1. The van der Waals surface area contributed by atoms with Crippen LogP contribution in [0.15, 0.2) is 71.9 Å². The van der Waals surface area contributed by atoms with Crippen molar-refractivity contribution in [3.8, 4) is 11.3 Å². The molecule has 6 rings (SSSR count). The van der Waals surface area contributed by atoms with Crippen LogP contribution in [0, 0.1) is 11.6 Å². The molecule has 9 nitrogen and oxygen atoms in total. The van der Waals surface area contributed by atoms with Crippen molar-refractivity contribution in [3.05, 3.63) is 94.6 Å². The van der Waals surface area contributed by atoms with Gasteiger partial charge in [0.05, 0.1) is 11.4 Å². The van der Waals surface area contributed by atoms with Gasteiger partial charge in [-0.15, -0.1) is 0 Å². The number of amides is 1. The van der Waals surface area contributed by atoms with Gasteiger partial charge in [0.25, 0.3) is 5.91 Å². The highest BCUT2D eigenvalue weighted by atomic mass is 35.5. The summed E-state index contributed by atoms with van der Waals surface area (Å²) in [7, 11) is 4.14. The molecule has 0 radical (unpaired) electrons. The van der Waals surface area contributed by atoms with Crippen LogP contribution in [0.4, 0.5) is 31.8 Å². The molecule has 45 heavy (non-hydrogen) atoms. The van der Waals surface area contributed by atoms with E-state index in [9.17, 15) is 13.6 Å². The van der Waals surface area contributed by atoms with E-state index in [1.807, 2.05) is 4.90 Å². The van der Waals surface area contributed by atoms with Crippen LogP contribution in [-0.4, -0.2) is 71.4 Å². The third-order valence-corrected chi connectivity index (χ3v) is 8.54. The number of aromatic nitrogens is 2. The van der Waals surface area contributed by atoms with Crippen molar-refractivity contribution in [2.75, 3.05) is 43.9 Å². The maximum Gasteiger partial charge on any atom is 0.280 e. The third-order valence-electron chi connectivity index (χ3n) is 8.31. The fourth-order valence-corrected chi connectivity index (χ4v) is 5.99. The van der Waals surface area contributed by atoms with Crippen LogP contribution in [0.25, 0.3) is 11.3 Å². The van der Waals surface area contributed by atoms with Gasteiger partial charge in [-0.25, -0.2) is 18.7 Å². The molecular weight excluding hydrogens is 598 g/mol. The molecule has 0 atom stereocenters. The molecule has 0 spiro atoms. The maximum absolute atomic E-state index is 14.9. The van der Waals surface area contributed by atoms with Crippen LogP contribution >= 0.6 is 11.6 Å². The normalized spacial score (nSPS) is 15.5. The lowest BCUT2D eigenvalue weighted by atomic mass is 10.0. The van der Waals surface area contributed by atoms with E-state index in [4.69, 9.17) is 22.3 Å². The number of guanidine groups is 1. The average Bonchev–Trinajstić information content (AvgIpc) is 3.18. The average molecular weight is 631 g/mol. The Hall–Kier alpha value is -4.61. The second-order valence-electron chi connectivity index (χ2n) is 11.4. The molecule has 0 aliphatic carbocycles. The fraction of sp³-hybridized carbons (Fsp3) is 0.273. The molecule has 0 unspecified atom stereocenters. The molecular formula is C33H33ClF2N8O. The molecule has 4 aromatic rings. The highest BCUT2D eigenvalue weighted by Crippen LogP contribution is 2.42. The van der Waals surface area contributed by atoms with Crippen molar-refractivity contribution < 1.29 is 13.6 Å². The van der Waals surface area contributed by atoms with Crippen LogP contribution in [0.3, 0.4) is 0 Å². The standard InChI is InChI=1S/C33H33ClF2N8O/c1-42(2)24-13-15-43(16-14-24)32(37)41-31(45)20-6-9-23(10-7-20)39-33-38-19-21-12-17-44(30-26(35)4-3-5-27(30)36)28-18-22(34)8-11-25(28)29(21)40-33/h3-11,18-19,24H,12-17H2,1-2H3,(H2,37,41,45)(H,38,39,40). The Kier molecular flexibility index (Phi) is 8.64. The summed E-state index contributed by atoms with van der Waals surface area (Å²) in [6.45, 7) is 1.81. The molecule has 3 aromatic carbocycles. The summed E-state index contributed by atoms with van der Waals surface area (Å²) in [5, 5.41) is 3.62. The highest BCUT2D eigenvalue weighted by Gasteiger charge is 2.27. The van der Waals surface area contributed by atoms with Gasteiger partial charge in [0.15, 0.2) is 5.96 Å². The molecule has 1 fully saturated rings. The molecule has 1 amide bonds. The molecule has 232 valence electrons. The number of hydrogen-bond donors (Lipinski definition) is 2. The van der Waals surface area contributed by atoms with E-state index in [-0.39, 0.29) is 11.6 Å². The second-order valence-corrected chi connectivity index (χ2v) is 11.8. The summed E-state index contributed by atoms with van der Waals surface area (Å²) in [5.74, 6) is -1.19. The zero-order valence-electron chi connectivity index (χ0n) is 25.0. The van der Waals surface area contributed by atoms with Crippen LogP contribution in [0.2, 0.25) is 5.02 Å². The predicted octanol–water partition coefficient (Wildman–Crippen LogP) is 5.99. The van der Waals surface area contributed by atoms with Gasteiger partial charge in [0, 0.05) is 53.7 Å². The van der Waals surface area contributed by atoms with Crippen molar-refractivity contribution in [1.82, 2.24) is 19.8 Å². The van der Waals surface area contributed by atoms with Crippen molar-refractivity contribution in [1.29, 1.82) is 0 Å². The summed E-state index contributed by atoms with van der Waals surface area (Å²) in [6, 6.07) is 16.3. The van der Waals surface area contributed by atoms with Crippen LogP contribution < -0.4 is 16.0 Å². The zero-order chi connectivity index (χ0) is 31.7. The van der Waals surface area contributed by atoms with E-state index < -0.39 is 17.5 Å². The van der Waals surface area contributed by atoms with Crippen LogP contribution in [0.1, 0.15) is 28.8 Å². The number of fused-ring (bicyclic) bond motifs is 3. The van der Waals surface area contributed by atoms with Crippen LogP contribution in [-0.2, 0) is 6.42 Å². The maximum atomic E-state index is 14.9. The molecule has 2 aliphatic rings.